The number of hydrogen-bond acceptors (Lipinski definition) is 7. The molecule has 1 aromatic heterocycles. The summed E-state index contributed by atoms with van der Waals surface area (Å²) in [6.45, 7) is 1.32. The highest BCUT2D eigenvalue weighted by atomic mass is 16.5. The zero-order valence-electron chi connectivity index (χ0n) is 16.9. The fraction of sp³-hybridized carbons (Fsp3) is 0.130. The lowest BCUT2D eigenvalue weighted by Crippen LogP contribution is -2.12. The van der Waals surface area contributed by atoms with Gasteiger partial charge in [0.25, 0.3) is 0 Å². The number of carbonyl (C=O) groups is 3. The van der Waals surface area contributed by atoms with Crippen molar-refractivity contribution in [3.63, 3.8) is 0 Å². The molecule has 3 rings (SSSR count). The van der Waals surface area contributed by atoms with Crippen molar-refractivity contribution in [2.45, 2.75) is 6.92 Å². The minimum Gasteiger partial charge on any atom is -0.465 e. The van der Waals surface area contributed by atoms with Gasteiger partial charge in [-0.25, -0.2) is 14.4 Å². The molecule has 0 saturated carbocycles. The van der Waals surface area contributed by atoms with Crippen molar-refractivity contribution in [3.05, 3.63) is 75.1 Å². The molecule has 0 radical (unpaired) electrons. The molecule has 1 N–H and O–H groups in total. The molecule has 1 heterocycles. The van der Waals surface area contributed by atoms with E-state index in [4.69, 9.17) is 13.9 Å². The normalized spacial score (nSPS) is 10.0. The number of fused-ring (bicyclic) bond motifs is 1. The Balaban J connectivity index is 2.12. The maximum absolute atomic E-state index is 12.2. The SMILES string of the molecule is COC(=O)c1cc2ccc(=O)oc2cc1C#Cc1ccc(NC(C)=O)c(C(=O)OC)c1. The first-order valence-corrected chi connectivity index (χ1v) is 9.00. The monoisotopic (exact) mass is 419 g/mol. The van der Waals surface area contributed by atoms with E-state index < -0.39 is 17.6 Å². The second-order valence-corrected chi connectivity index (χ2v) is 6.36. The van der Waals surface area contributed by atoms with E-state index in [-0.39, 0.29) is 33.9 Å². The van der Waals surface area contributed by atoms with Gasteiger partial charge >= 0.3 is 17.6 Å². The number of anilines is 1. The minimum absolute atomic E-state index is 0.127. The van der Waals surface area contributed by atoms with E-state index in [1.54, 1.807) is 6.07 Å². The Morgan fingerprint density at radius 2 is 1.61 bits per heavy atom. The Morgan fingerprint density at radius 1 is 0.903 bits per heavy atom. The van der Waals surface area contributed by atoms with Crippen LogP contribution in [0.5, 0.6) is 0 Å². The lowest BCUT2D eigenvalue weighted by molar-refractivity contribution is -0.114. The van der Waals surface area contributed by atoms with Gasteiger partial charge in [0.05, 0.1) is 31.0 Å². The topological polar surface area (TPSA) is 112 Å². The first kappa shape index (κ1) is 21.3. The summed E-state index contributed by atoms with van der Waals surface area (Å²) < 4.78 is 14.7. The van der Waals surface area contributed by atoms with Crippen molar-refractivity contribution in [1.29, 1.82) is 0 Å². The number of carbonyl (C=O) groups excluding carboxylic acids is 3. The molecular formula is C23H17NO7. The molecule has 31 heavy (non-hydrogen) atoms. The lowest BCUT2D eigenvalue weighted by Gasteiger charge is -2.08. The molecule has 0 unspecified atom stereocenters. The average Bonchev–Trinajstić information content (AvgIpc) is 2.76. The van der Waals surface area contributed by atoms with Gasteiger partial charge in [0.1, 0.15) is 5.58 Å². The first-order chi connectivity index (χ1) is 14.8. The van der Waals surface area contributed by atoms with Crippen LogP contribution in [-0.2, 0) is 14.3 Å². The van der Waals surface area contributed by atoms with Gasteiger partial charge in [-0.15, -0.1) is 0 Å². The van der Waals surface area contributed by atoms with Crippen LogP contribution in [0.2, 0.25) is 0 Å². The fourth-order valence-electron chi connectivity index (χ4n) is 2.84. The van der Waals surface area contributed by atoms with Gasteiger partial charge in [-0.05, 0) is 36.4 Å². The Labute approximate surface area is 176 Å². The van der Waals surface area contributed by atoms with Crippen molar-refractivity contribution in [2.24, 2.45) is 0 Å². The number of rotatable bonds is 3. The molecule has 0 aliphatic carbocycles. The third-order valence-corrected chi connectivity index (χ3v) is 4.24. The number of hydrogen-bond donors (Lipinski definition) is 1. The molecule has 8 nitrogen and oxygen atoms in total. The van der Waals surface area contributed by atoms with Crippen molar-refractivity contribution < 1.29 is 28.3 Å². The van der Waals surface area contributed by atoms with E-state index in [0.29, 0.717) is 10.9 Å². The standard InChI is InChI=1S/C23H17NO7/c1-13(25)24-19-8-5-14(10-18(19)23(28)30-3)4-6-15-12-20-16(7-9-21(26)31-20)11-17(15)22(27)29-2/h5,7-12H,1-3H3,(H,24,25). The van der Waals surface area contributed by atoms with Crippen molar-refractivity contribution in [1.82, 2.24) is 0 Å². The van der Waals surface area contributed by atoms with Gasteiger partial charge in [0.15, 0.2) is 0 Å². The van der Waals surface area contributed by atoms with Crippen LogP contribution in [0.1, 0.15) is 38.8 Å². The van der Waals surface area contributed by atoms with Gasteiger partial charge in [0, 0.05) is 29.5 Å². The third kappa shape index (κ3) is 4.79. The van der Waals surface area contributed by atoms with Crippen molar-refractivity contribution >= 4 is 34.5 Å². The van der Waals surface area contributed by atoms with Crippen LogP contribution in [0.15, 0.2) is 51.7 Å². The number of amides is 1. The Morgan fingerprint density at radius 3 is 2.29 bits per heavy atom. The number of esters is 2. The summed E-state index contributed by atoms with van der Waals surface area (Å²) in [5.41, 5.74) is 1.04. The minimum atomic E-state index is -0.643. The van der Waals surface area contributed by atoms with Crippen LogP contribution in [0.4, 0.5) is 5.69 Å². The summed E-state index contributed by atoms with van der Waals surface area (Å²) in [6, 6.07) is 10.4. The first-order valence-electron chi connectivity index (χ1n) is 9.00. The molecular weight excluding hydrogens is 402 g/mol. The van der Waals surface area contributed by atoms with E-state index in [9.17, 15) is 19.2 Å². The molecule has 0 fully saturated rings. The molecule has 2 aromatic carbocycles. The zero-order valence-corrected chi connectivity index (χ0v) is 16.9. The molecule has 0 saturated heterocycles. The predicted molar refractivity (Wildman–Crippen MR) is 112 cm³/mol. The smallest absolute Gasteiger partial charge is 0.340 e. The third-order valence-electron chi connectivity index (χ3n) is 4.24. The van der Waals surface area contributed by atoms with E-state index in [2.05, 4.69) is 17.2 Å². The molecule has 0 aliphatic heterocycles. The Hall–Kier alpha value is -4.38. The van der Waals surface area contributed by atoms with Crippen LogP contribution >= 0.6 is 0 Å². The molecule has 8 heteroatoms. The molecule has 0 aliphatic rings. The highest BCUT2D eigenvalue weighted by Crippen LogP contribution is 2.21. The van der Waals surface area contributed by atoms with Crippen LogP contribution < -0.4 is 10.9 Å². The average molecular weight is 419 g/mol. The number of ether oxygens (including phenoxy) is 2. The van der Waals surface area contributed by atoms with Crippen LogP contribution in [-0.4, -0.2) is 32.1 Å². The number of nitrogens with one attached hydrogen (secondary N) is 1. The number of methoxy groups -OCH3 is 2. The molecule has 0 bridgehead atoms. The van der Waals surface area contributed by atoms with Crippen LogP contribution in [0, 0.1) is 11.8 Å². The van der Waals surface area contributed by atoms with Crippen molar-refractivity contribution in [3.8, 4) is 11.8 Å². The van der Waals surface area contributed by atoms with Gasteiger partial charge < -0.3 is 19.2 Å². The van der Waals surface area contributed by atoms with Gasteiger partial charge in [-0.3, -0.25) is 4.79 Å². The van der Waals surface area contributed by atoms with Crippen LogP contribution in [0.3, 0.4) is 0 Å². The maximum atomic E-state index is 12.2. The van der Waals surface area contributed by atoms with E-state index in [1.807, 2.05) is 0 Å². The van der Waals surface area contributed by atoms with E-state index in [0.717, 1.165) is 0 Å². The highest BCUT2D eigenvalue weighted by molar-refractivity contribution is 6.01. The summed E-state index contributed by atoms with van der Waals surface area (Å²) in [7, 11) is 2.47. The Bertz CT molecular complexity index is 1330. The second kappa shape index (κ2) is 8.97. The fourth-order valence-corrected chi connectivity index (χ4v) is 2.84. The van der Waals surface area contributed by atoms with E-state index in [1.165, 1.54) is 57.5 Å². The number of benzene rings is 2. The predicted octanol–water partition coefficient (Wildman–Crippen LogP) is 2.72. The van der Waals surface area contributed by atoms with Gasteiger partial charge in [-0.1, -0.05) is 11.8 Å². The van der Waals surface area contributed by atoms with Gasteiger partial charge in [-0.2, -0.15) is 0 Å². The summed E-state index contributed by atoms with van der Waals surface area (Å²) in [4.78, 5) is 47.2. The molecule has 0 spiro atoms. The highest BCUT2D eigenvalue weighted by Gasteiger charge is 2.15. The second-order valence-electron chi connectivity index (χ2n) is 6.36. The summed E-state index contributed by atoms with van der Waals surface area (Å²) in [5.74, 6) is 4.12. The lowest BCUT2D eigenvalue weighted by atomic mass is 10.0. The quantitative estimate of drug-likeness (QED) is 0.395. The van der Waals surface area contributed by atoms with Crippen molar-refractivity contribution in [2.75, 3.05) is 19.5 Å². The van der Waals surface area contributed by atoms with Crippen LogP contribution in [0.25, 0.3) is 11.0 Å². The largest absolute Gasteiger partial charge is 0.465 e. The van der Waals surface area contributed by atoms with E-state index >= 15 is 0 Å². The summed E-state index contributed by atoms with van der Waals surface area (Å²) >= 11 is 0. The van der Waals surface area contributed by atoms with Gasteiger partial charge in [0.2, 0.25) is 5.91 Å². The summed E-state index contributed by atoms with van der Waals surface area (Å²) in [6.07, 6.45) is 0. The maximum Gasteiger partial charge on any atom is 0.340 e. The Kier molecular flexibility index (Phi) is 6.17. The molecule has 0 atom stereocenters. The molecule has 3 aromatic rings. The molecule has 156 valence electrons. The summed E-state index contributed by atoms with van der Waals surface area (Å²) in [5, 5.41) is 3.10. The zero-order chi connectivity index (χ0) is 22.5. The molecule has 1 amide bonds.